The predicted molar refractivity (Wildman–Crippen MR) is 71.8 cm³/mol. The number of amides is 1. The van der Waals surface area contributed by atoms with Crippen molar-refractivity contribution >= 4 is 11.9 Å². The van der Waals surface area contributed by atoms with Crippen LogP contribution in [0, 0.1) is 10.8 Å². The van der Waals surface area contributed by atoms with Crippen molar-refractivity contribution in [1.29, 1.82) is 0 Å². The van der Waals surface area contributed by atoms with Gasteiger partial charge in [0.15, 0.2) is 0 Å². The molecule has 0 radical (unpaired) electrons. The summed E-state index contributed by atoms with van der Waals surface area (Å²) in [6.45, 7) is 7.89. The first-order chi connectivity index (χ1) is 8.72. The molecular weight excluding hydrogens is 246 g/mol. The monoisotopic (exact) mass is 271 g/mol. The number of rotatable bonds is 6. The van der Waals surface area contributed by atoms with E-state index in [0.29, 0.717) is 6.54 Å². The van der Waals surface area contributed by atoms with Gasteiger partial charge in [-0.15, -0.1) is 0 Å². The van der Waals surface area contributed by atoms with E-state index in [2.05, 4.69) is 12.2 Å². The second-order valence-corrected chi connectivity index (χ2v) is 6.61. The van der Waals surface area contributed by atoms with Crippen molar-refractivity contribution in [1.82, 2.24) is 5.32 Å². The number of aliphatic carboxylic acids is 1. The molecule has 1 heterocycles. The SMILES string of the molecule is CC(C)(CC(=O)O)CC(=O)NCC1(C)CCOCC1. The molecule has 0 aromatic carbocycles. The first-order valence-electron chi connectivity index (χ1n) is 6.79. The van der Waals surface area contributed by atoms with Gasteiger partial charge in [0.1, 0.15) is 0 Å². The highest BCUT2D eigenvalue weighted by Crippen LogP contribution is 2.29. The molecule has 5 heteroatoms. The summed E-state index contributed by atoms with van der Waals surface area (Å²) in [7, 11) is 0. The summed E-state index contributed by atoms with van der Waals surface area (Å²) in [6.07, 6.45) is 2.15. The topological polar surface area (TPSA) is 75.6 Å². The van der Waals surface area contributed by atoms with Gasteiger partial charge in [-0.1, -0.05) is 20.8 Å². The van der Waals surface area contributed by atoms with E-state index in [1.54, 1.807) is 13.8 Å². The number of hydrogen-bond donors (Lipinski definition) is 2. The van der Waals surface area contributed by atoms with E-state index in [9.17, 15) is 9.59 Å². The number of hydrogen-bond acceptors (Lipinski definition) is 3. The number of carboxylic acids is 1. The van der Waals surface area contributed by atoms with E-state index < -0.39 is 11.4 Å². The lowest BCUT2D eigenvalue weighted by atomic mass is 9.82. The molecular formula is C14H25NO4. The second-order valence-electron chi connectivity index (χ2n) is 6.61. The zero-order valence-electron chi connectivity index (χ0n) is 12.1. The van der Waals surface area contributed by atoms with E-state index >= 15 is 0 Å². The van der Waals surface area contributed by atoms with E-state index in [4.69, 9.17) is 9.84 Å². The standard InChI is InChI=1S/C14H25NO4/c1-13(2,9-12(17)18)8-11(16)15-10-14(3)4-6-19-7-5-14/h4-10H2,1-3H3,(H,15,16)(H,17,18). The van der Waals surface area contributed by atoms with Crippen molar-refractivity contribution in [2.24, 2.45) is 10.8 Å². The van der Waals surface area contributed by atoms with Crippen molar-refractivity contribution in [2.75, 3.05) is 19.8 Å². The van der Waals surface area contributed by atoms with Crippen LogP contribution in [0.15, 0.2) is 0 Å². The third-order valence-corrected chi connectivity index (χ3v) is 3.68. The molecule has 0 aromatic rings. The summed E-state index contributed by atoms with van der Waals surface area (Å²) < 4.78 is 5.32. The van der Waals surface area contributed by atoms with E-state index in [0.717, 1.165) is 26.1 Å². The van der Waals surface area contributed by atoms with Gasteiger partial charge in [-0.05, 0) is 23.7 Å². The van der Waals surface area contributed by atoms with Gasteiger partial charge >= 0.3 is 5.97 Å². The molecule has 2 N–H and O–H groups in total. The highest BCUT2D eigenvalue weighted by atomic mass is 16.5. The number of carbonyl (C=O) groups is 2. The fourth-order valence-corrected chi connectivity index (χ4v) is 2.32. The molecule has 0 unspecified atom stereocenters. The highest BCUT2D eigenvalue weighted by Gasteiger charge is 2.29. The molecule has 0 aromatic heterocycles. The summed E-state index contributed by atoms with van der Waals surface area (Å²) in [6, 6.07) is 0. The number of ether oxygens (including phenoxy) is 1. The lowest BCUT2D eigenvalue weighted by Crippen LogP contribution is -2.40. The van der Waals surface area contributed by atoms with Crippen LogP contribution < -0.4 is 5.32 Å². The van der Waals surface area contributed by atoms with Gasteiger partial charge in [0, 0.05) is 26.2 Å². The lowest BCUT2D eigenvalue weighted by Gasteiger charge is -2.34. The van der Waals surface area contributed by atoms with Crippen LogP contribution in [0.25, 0.3) is 0 Å². The Balaban J connectivity index is 2.36. The number of nitrogens with one attached hydrogen (secondary N) is 1. The Hall–Kier alpha value is -1.10. The van der Waals surface area contributed by atoms with Gasteiger partial charge < -0.3 is 15.2 Å². The van der Waals surface area contributed by atoms with Gasteiger partial charge in [-0.3, -0.25) is 9.59 Å². The molecule has 1 aliphatic rings. The maximum Gasteiger partial charge on any atom is 0.303 e. The third-order valence-electron chi connectivity index (χ3n) is 3.68. The van der Waals surface area contributed by atoms with Crippen LogP contribution in [0.4, 0.5) is 0 Å². The Morgan fingerprint density at radius 1 is 1.26 bits per heavy atom. The fraction of sp³-hybridized carbons (Fsp3) is 0.857. The number of carbonyl (C=O) groups excluding carboxylic acids is 1. The molecule has 0 saturated carbocycles. The van der Waals surface area contributed by atoms with Gasteiger partial charge in [-0.2, -0.15) is 0 Å². The second kappa shape index (κ2) is 6.37. The minimum absolute atomic E-state index is 0.00548. The minimum Gasteiger partial charge on any atom is -0.481 e. The summed E-state index contributed by atoms with van der Waals surface area (Å²) >= 11 is 0. The zero-order valence-corrected chi connectivity index (χ0v) is 12.1. The number of carboxylic acid groups (broad SMARTS) is 1. The van der Waals surface area contributed by atoms with Crippen molar-refractivity contribution in [3.8, 4) is 0 Å². The molecule has 1 amide bonds. The predicted octanol–water partition coefficient (Wildman–Crippen LogP) is 1.81. The summed E-state index contributed by atoms with van der Waals surface area (Å²) in [5, 5.41) is 11.7. The Morgan fingerprint density at radius 3 is 2.37 bits per heavy atom. The molecule has 0 atom stereocenters. The van der Waals surface area contributed by atoms with Crippen LogP contribution in [0.1, 0.15) is 46.5 Å². The molecule has 1 fully saturated rings. The van der Waals surface area contributed by atoms with Gasteiger partial charge in [-0.25, -0.2) is 0 Å². The van der Waals surface area contributed by atoms with Crippen LogP contribution in [0.2, 0.25) is 0 Å². The van der Waals surface area contributed by atoms with Crippen molar-refractivity contribution in [2.45, 2.75) is 46.5 Å². The third kappa shape index (κ3) is 6.05. The van der Waals surface area contributed by atoms with Crippen LogP contribution in [0.5, 0.6) is 0 Å². The van der Waals surface area contributed by atoms with Gasteiger partial charge in [0.25, 0.3) is 0 Å². The fourth-order valence-electron chi connectivity index (χ4n) is 2.32. The normalized spacial score (nSPS) is 18.9. The summed E-state index contributed by atoms with van der Waals surface area (Å²) in [5.74, 6) is -0.937. The van der Waals surface area contributed by atoms with Crippen molar-refractivity contribution in [3.63, 3.8) is 0 Å². The molecule has 1 saturated heterocycles. The zero-order chi connectivity index (χ0) is 14.5. The molecule has 1 rings (SSSR count). The molecule has 0 bridgehead atoms. The average molecular weight is 271 g/mol. The molecule has 19 heavy (non-hydrogen) atoms. The summed E-state index contributed by atoms with van der Waals surface area (Å²) in [4.78, 5) is 22.6. The van der Waals surface area contributed by atoms with Crippen LogP contribution in [0.3, 0.4) is 0 Å². The van der Waals surface area contributed by atoms with Gasteiger partial charge in [0.05, 0.1) is 6.42 Å². The van der Waals surface area contributed by atoms with Gasteiger partial charge in [0.2, 0.25) is 5.91 Å². The Kier molecular flexibility index (Phi) is 5.35. The molecule has 0 spiro atoms. The van der Waals surface area contributed by atoms with Crippen LogP contribution in [-0.4, -0.2) is 36.7 Å². The molecule has 5 nitrogen and oxygen atoms in total. The summed E-state index contributed by atoms with van der Waals surface area (Å²) in [5.41, 5.74) is -0.405. The minimum atomic E-state index is -0.866. The van der Waals surface area contributed by atoms with E-state index in [1.165, 1.54) is 0 Å². The molecule has 1 aliphatic heterocycles. The average Bonchev–Trinajstić information content (AvgIpc) is 2.25. The van der Waals surface area contributed by atoms with E-state index in [-0.39, 0.29) is 24.2 Å². The van der Waals surface area contributed by atoms with Crippen LogP contribution >= 0.6 is 0 Å². The molecule has 0 aliphatic carbocycles. The Morgan fingerprint density at radius 2 is 1.84 bits per heavy atom. The van der Waals surface area contributed by atoms with Crippen LogP contribution in [-0.2, 0) is 14.3 Å². The first kappa shape index (κ1) is 16.0. The maximum atomic E-state index is 11.9. The maximum absolute atomic E-state index is 11.9. The Bertz CT molecular complexity index is 332. The smallest absolute Gasteiger partial charge is 0.303 e. The van der Waals surface area contributed by atoms with Crippen molar-refractivity contribution < 1.29 is 19.4 Å². The van der Waals surface area contributed by atoms with Crippen molar-refractivity contribution in [3.05, 3.63) is 0 Å². The Labute approximate surface area is 114 Å². The van der Waals surface area contributed by atoms with E-state index in [1.807, 2.05) is 0 Å². The lowest BCUT2D eigenvalue weighted by molar-refractivity contribution is -0.139. The molecule has 110 valence electrons. The largest absolute Gasteiger partial charge is 0.481 e. The highest BCUT2D eigenvalue weighted by molar-refractivity contribution is 5.77. The quantitative estimate of drug-likeness (QED) is 0.772. The first-order valence-corrected chi connectivity index (χ1v) is 6.79.